The van der Waals surface area contributed by atoms with Crippen molar-refractivity contribution in [3.8, 4) is 0 Å². The molecule has 0 radical (unpaired) electrons. The van der Waals surface area contributed by atoms with Crippen LogP contribution in [0.3, 0.4) is 0 Å². The van der Waals surface area contributed by atoms with Crippen LogP contribution in [0.25, 0.3) is 0 Å². The Hall–Kier alpha value is -0.344. The van der Waals surface area contributed by atoms with Crippen molar-refractivity contribution in [1.82, 2.24) is 0 Å². The Morgan fingerprint density at radius 1 is 0.345 bits per heavy atom. The number of rotatable bonds is 74. The second-order valence-electron chi connectivity index (χ2n) is 21.8. The van der Waals surface area contributed by atoms with Gasteiger partial charge in [-0.2, -0.15) is 40.6 Å². The third kappa shape index (κ3) is 116. The van der Waals surface area contributed by atoms with Crippen LogP contribution in [0.2, 0.25) is 0 Å². The van der Waals surface area contributed by atoms with Gasteiger partial charge in [-0.25, -0.2) is 0 Å². The van der Waals surface area contributed by atoms with Crippen molar-refractivity contribution in [2.45, 2.75) is 73.6 Å². The molecule has 0 spiro atoms. The minimum atomic E-state index is -3.74. The van der Waals surface area contributed by atoms with Gasteiger partial charge in [-0.1, -0.05) is 91.4 Å². The molecule has 1 aromatic rings. The maximum absolute atomic E-state index is 12.0. The van der Waals surface area contributed by atoms with E-state index in [-0.39, 0.29) is 109 Å². The Morgan fingerprint density at radius 2 is 0.531 bits per heavy atom. The third-order valence-electron chi connectivity index (χ3n) is 11.8. The minimum Gasteiger partial charge on any atom is -0.813 e. The van der Waals surface area contributed by atoms with Crippen LogP contribution in [0.5, 0.6) is 0 Å². The maximum Gasteiger partial charge on any atom is 1.00 e. The average Bonchev–Trinajstić information content (AvgIpc) is 0.849. The first kappa shape index (κ1) is 126. The first-order chi connectivity index (χ1) is 53.6. The number of benzene rings is 1. The molecule has 1 aromatic carbocycles. The normalized spacial score (nSPS) is 10.6. The number of allylic oxidation sites excluding steroid dienone is 1. The van der Waals surface area contributed by atoms with Gasteiger partial charge >= 0.3 is 51.4 Å². The van der Waals surface area contributed by atoms with E-state index in [1.54, 1.807) is 46.8 Å². The number of hydrogen-bond donors (Lipinski definition) is 2. The maximum atomic E-state index is 12.0. The van der Waals surface area contributed by atoms with Gasteiger partial charge in [-0.15, -0.1) is 0 Å². The number of carbonyl (C=O) groups is 5. The van der Waals surface area contributed by atoms with E-state index in [9.17, 15) is 32.4 Å². The molecule has 0 heterocycles. The van der Waals surface area contributed by atoms with Crippen molar-refractivity contribution in [2.24, 2.45) is 0 Å². The molecule has 0 atom stereocenters. The average molecular weight is 1800 g/mol. The number of aryl methyl sites for hydroxylation is 1. The van der Waals surface area contributed by atoms with Crippen molar-refractivity contribution >= 4 is 128 Å². The first-order valence-electron chi connectivity index (χ1n) is 36.7. The van der Waals surface area contributed by atoms with Crippen LogP contribution in [0, 0.1) is 6.92 Å². The van der Waals surface area contributed by atoms with E-state index in [1.807, 2.05) is 6.92 Å². The zero-order chi connectivity index (χ0) is 83.4. The predicted molar refractivity (Wildman–Crippen MR) is 455 cm³/mol. The molecule has 660 valence electrons. The van der Waals surface area contributed by atoms with Crippen molar-refractivity contribution in [1.29, 1.82) is 0 Å². The fourth-order valence-corrected chi connectivity index (χ4v) is 9.69. The van der Waals surface area contributed by atoms with E-state index in [0.717, 1.165) is 30.1 Å². The Labute approximate surface area is 754 Å². The SMILES string of the molecule is C=C(C)C(=O)SCCOCCOCCOCCOCCOCCSC(=O)C(=C)C.C=C(C)C(C)=O.CC(=O)SCCOCCOCCOCCOCCOCCSC(C)=O.CCCOCCOCCOCCOCCOCCOS(=O)(=O)c1ccc(C)cc1.C[C-]=O.SCCOCCOCCOCCOCCOCCS.[K+].[SH-]. The van der Waals surface area contributed by atoms with Gasteiger partial charge in [0.2, 0.25) is 10.2 Å². The van der Waals surface area contributed by atoms with Crippen LogP contribution in [-0.2, 0) is 151 Å². The summed E-state index contributed by atoms with van der Waals surface area (Å²) in [4.78, 5) is 62.8. The van der Waals surface area contributed by atoms with Crippen molar-refractivity contribution in [3.63, 3.8) is 0 Å². The van der Waals surface area contributed by atoms with Gasteiger partial charge < -0.3 is 113 Å². The summed E-state index contributed by atoms with van der Waals surface area (Å²) in [6.07, 6.45) is 2.51. The molecule has 0 unspecified atom stereocenters. The summed E-state index contributed by atoms with van der Waals surface area (Å²) in [6.45, 7) is 46.7. The number of Topliss-reactive ketones (excluding diaryl/α,β-unsaturated/α-hetero) is 1. The molecule has 0 aliphatic rings. The molecule has 0 bridgehead atoms. The van der Waals surface area contributed by atoms with Crippen LogP contribution in [-0.4, -0.2) is 346 Å². The summed E-state index contributed by atoms with van der Waals surface area (Å²) in [5, 5.41) is 0.226. The quantitative estimate of drug-likeness (QED) is 0.0155. The molecular weight excluding hydrogens is 1660 g/mol. The van der Waals surface area contributed by atoms with Crippen LogP contribution in [0.1, 0.15) is 67.4 Å². The van der Waals surface area contributed by atoms with Crippen molar-refractivity contribution in [2.75, 3.05) is 305 Å². The van der Waals surface area contributed by atoms with E-state index < -0.39 is 10.1 Å². The molecule has 0 aliphatic heterocycles. The second-order valence-corrected chi connectivity index (χ2v) is 29.0. The molecule has 0 aromatic heterocycles. The Morgan fingerprint density at radius 3 is 0.717 bits per heavy atom. The number of thiol groups is 3. The molecule has 0 fully saturated rings. The van der Waals surface area contributed by atoms with Crippen LogP contribution in [0.4, 0.5) is 0 Å². The Bertz CT molecular complexity index is 2300. The standard InChI is InChI=1S/C20H34O8S.C20H34O7S2.C16H30O7S2.C12H26O5S2.C5H8O.C2H3O.K.H2S/c1-3-8-23-9-10-24-11-12-25-13-14-26-15-16-27-17-18-28-29(21,22)20-6-4-19(2)5-7-20;1-17(2)19(21)28-15-13-26-11-9-24-7-5-23-6-8-25-10-12-27-14-16-29-20(22)18(3)4;1-15(17)24-13-11-22-9-7-20-5-3-19-4-6-21-8-10-23-12-14-25-16(2)18;18-11-9-16-7-5-14-3-1-13-2-4-15-6-8-17-10-12-19;1-4(2)5(3)6;1-2-3;;/h4-7H,3,8-18H2,1-2H3;1,3,5-16H2,2,4H3;3-14H2,1-2H3;18-19H,1-12H2;1H2,2-3H3;1H3;;1H2/q;;;;;-1;+1;/p-1. The van der Waals surface area contributed by atoms with E-state index in [0.29, 0.717) is 291 Å². The van der Waals surface area contributed by atoms with E-state index in [4.69, 9.17) is 104 Å². The fraction of sp³-hybridized carbons (Fsp3) is 0.760. The molecule has 0 aliphatic carbocycles. The summed E-state index contributed by atoms with van der Waals surface area (Å²) < 4.78 is 136. The minimum absolute atomic E-state index is 0. The molecule has 113 heavy (non-hydrogen) atoms. The van der Waals surface area contributed by atoms with E-state index in [2.05, 4.69) is 51.9 Å². The van der Waals surface area contributed by atoms with Crippen LogP contribution in [0.15, 0.2) is 65.6 Å². The zero-order valence-electron chi connectivity index (χ0n) is 69.1. The fourth-order valence-electron chi connectivity index (χ4n) is 6.30. The van der Waals surface area contributed by atoms with Gasteiger partial charge in [0.05, 0.1) is 269 Å². The van der Waals surface area contributed by atoms with Crippen LogP contribution < -0.4 is 51.4 Å². The van der Waals surface area contributed by atoms with Crippen molar-refractivity contribution < 1.29 is 187 Å². The number of thioether (sulfide) groups is 4. The van der Waals surface area contributed by atoms with Gasteiger partial charge in [0.25, 0.3) is 10.1 Å². The topological polar surface area (TPSA) is 330 Å². The number of ketones is 1. The summed E-state index contributed by atoms with van der Waals surface area (Å²) in [5.74, 6) is 4.14. The number of hydrogen-bond acceptors (Lipinski definition) is 36. The second kappa shape index (κ2) is 106. The molecule has 0 saturated heterocycles. The molecule has 29 nitrogen and oxygen atoms in total. The van der Waals surface area contributed by atoms with Gasteiger partial charge in [0.15, 0.2) is 16.0 Å². The molecular formula is C75H136KO29S8-. The zero-order valence-corrected chi connectivity index (χ0v) is 79.0. The molecule has 0 saturated carbocycles. The van der Waals surface area contributed by atoms with Crippen LogP contribution >= 0.6 is 72.3 Å². The Kier molecular flexibility index (Phi) is 118. The first-order valence-corrected chi connectivity index (χ1v) is 43.3. The molecule has 38 heteroatoms. The predicted octanol–water partition coefficient (Wildman–Crippen LogP) is 5.49. The number of ether oxygens (including phenoxy) is 20. The van der Waals surface area contributed by atoms with Gasteiger partial charge in [-0.3, -0.25) is 34.4 Å². The monoisotopic (exact) mass is 1800 g/mol. The van der Waals surface area contributed by atoms with Crippen molar-refractivity contribution in [3.05, 3.63) is 66.3 Å². The third-order valence-corrected chi connectivity index (χ3v) is 17.0. The van der Waals surface area contributed by atoms with Gasteiger partial charge in [0, 0.05) is 55.0 Å². The number of carbonyl (C=O) groups excluding carboxylic acids is 6. The van der Waals surface area contributed by atoms with Gasteiger partial charge in [0.1, 0.15) is 0 Å². The summed E-state index contributed by atoms with van der Waals surface area (Å²) >= 11 is 13.0. The Balaban J connectivity index is -0.000000256. The largest absolute Gasteiger partial charge is 1.00 e. The smallest absolute Gasteiger partial charge is 0.813 e. The van der Waals surface area contributed by atoms with E-state index >= 15 is 0 Å². The summed E-state index contributed by atoms with van der Waals surface area (Å²) in [7, 11) is -3.74. The van der Waals surface area contributed by atoms with E-state index in [1.165, 1.54) is 79.3 Å². The van der Waals surface area contributed by atoms with Gasteiger partial charge in [-0.05, 0) is 69.9 Å². The summed E-state index contributed by atoms with van der Waals surface area (Å²) in [6, 6.07) is 6.50. The summed E-state index contributed by atoms with van der Waals surface area (Å²) in [5.41, 5.74) is 2.72. The molecule has 0 N–H and O–H groups in total. The molecule has 1 rings (SSSR count). The molecule has 0 amide bonds.